The number of carbonyl (C=O) groups is 2. The van der Waals surface area contributed by atoms with Crippen molar-refractivity contribution in [2.24, 2.45) is 0 Å². The van der Waals surface area contributed by atoms with Crippen LogP contribution in [0.25, 0.3) is 0 Å². The highest BCUT2D eigenvalue weighted by Gasteiger charge is 2.43. The molecule has 0 unspecified atom stereocenters. The number of hydrogen-bond acceptors (Lipinski definition) is 6. The van der Waals surface area contributed by atoms with Gasteiger partial charge in [-0.05, 0) is 6.42 Å². The average Bonchev–Trinajstić information content (AvgIpc) is 2.72. The first kappa shape index (κ1) is 16.9. The molecule has 2 rings (SSSR count). The number of carbonyl (C=O) groups excluding carboxylic acids is 1. The molecule has 4 atom stereocenters. The molecule has 0 spiro atoms. The van der Waals surface area contributed by atoms with E-state index in [2.05, 4.69) is 5.32 Å². The van der Waals surface area contributed by atoms with E-state index in [1.54, 1.807) is 0 Å². The van der Waals surface area contributed by atoms with Crippen molar-refractivity contribution in [3.63, 3.8) is 0 Å². The van der Waals surface area contributed by atoms with Gasteiger partial charge in [0.25, 0.3) is 5.56 Å². The van der Waals surface area contributed by atoms with Crippen molar-refractivity contribution in [1.29, 1.82) is 0 Å². The SMILES string of the molecule is O=C(O)CCC(=O)N[C@@H]1C[C@H](O)[C@@H](n2ccc(=O)[nH]c2=O)[C@@H]1O. The first-order valence-corrected chi connectivity index (χ1v) is 6.98. The molecule has 0 radical (unpaired) electrons. The molecule has 23 heavy (non-hydrogen) atoms. The van der Waals surface area contributed by atoms with E-state index < -0.39 is 47.4 Å². The van der Waals surface area contributed by atoms with Crippen LogP contribution in [-0.4, -0.2) is 55.0 Å². The summed E-state index contributed by atoms with van der Waals surface area (Å²) in [5.74, 6) is -1.69. The molecular formula is C13H17N3O7. The summed E-state index contributed by atoms with van der Waals surface area (Å²) in [6.07, 6.45) is -1.82. The maximum Gasteiger partial charge on any atom is 0.328 e. The molecule has 0 aliphatic heterocycles. The molecule has 10 nitrogen and oxygen atoms in total. The zero-order chi connectivity index (χ0) is 17.1. The predicted molar refractivity (Wildman–Crippen MR) is 75.8 cm³/mol. The third kappa shape index (κ3) is 3.85. The molecule has 0 aromatic carbocycles. The molecule has 1 aromatic heterocycles. The molecule has 1 amide bonds. The normalized spacial score (nSPS) is 26.9. The van der Waals surface area contributed by atoms with Crippen LogP contribution in [0.3, 0.4) is 0 Å². The zero-order valence-electron chi connectivity index (χ0n) is 12.0. The summed E-state index contributed by atoms with van der Waals surface area (Å²) in [5, 5.41) is 31.3. The summed E-state index contributed by atoms with van der Waals surface area (Å²) in [5.41, 5.74) is -1.38. The summed E-state index contributed by atoms with van der Waals surface area (Å²) < 4.78 is 1.00. The number of aromatic nitrogens is 2. The van der Waals surface area contributed by atoms with Gasteiger partial charge in [0.15, 0.2) is 0 Å². The van der Waals surface area contributed by atoms with Gasteiger partial charge in [-0.2, -0.15) is 0 Å². The van der Waals surface area contributed by atoms with Gasteiger partial charge >= 0.3 is 11.7 Å². The molecular weight excluding hydrogens is 310 g/mol. The van der Waals surface area contributed by atoms with Crippen LogP contribution in [0.4, 0.5) is 0 Å². The van der Waals surface area contributed by atoms with Gasteiger partial charge in [-0.1, -0.05) is 0 Å². The Balaban J connectivity index is 2.10. The maximum atomic E-state index is 11.8. The monoisotopic (exact) mass is 327 g/mol. The van der Waals surface area contributed by atoms with Gasteiger partial charge in [0.1, 0.15) is 0 Å². The lowest BCUT2D eigenvalue weighted by atomic mass is 10.1. The molecule has 1 heterocycles. The minimum Gasteiger partial charge on any atom is -0.481 e. The zero-order valence-corrected chi connectivity index (χ0v) is 12.0. The van der Waals surface area contributed by atoms with E-state index in [4.69, 9.17) is 5.11 Å². The Bertz CT molecular complexity index is 710. The second kappa shape index (κ2) is 6.75. The van der Waals surface area contributed by atoms with Gasteiger partial charge in [0, 0.05) is 18.7 Å². The third-order valence-electron chi connectivity index (χ3n) is 3.74. The van der Waals surface area contributed by atoms with Crippen LogP contribution in [0, 0.1) is 0 Å². The summed E-state index contributed by atoms with van der Waals surface area (Å²) in [6, 6.07) is -0.765. The van der Waals surface area contributed by atoms with Crippen molar-refractivity contribution in [1.82, 2.24) is 14.9 Å². The standard InChI is InChI=1S/C13H17N3O7/c17-7-5-6(14-8(18)1-2-10(20)21)12(22)11(7)16-4-3-9(19)15-13(16)23/h3-4,6-7,11-12,17,22H,1-2,5H2,(H,14,18)(H,20,21)(H,15,19,23)/t6-,7+,11-,12-/m1/s1. The highest BCUT2D eigenvalue weighted by molar-refractivity contribution is 5.80. The number of H-pyrrole nitrogens is 1. The minimum absolute atomic E-state index is 0.00376. The number of aliphatic hydroxyl groups is 2. The van der Waals surface area contributed by atoms with Crippen molar-refractivity contribution in [3.8, 4) is 0 Å². The largest absolute Gasteiger partial charge is 0.481 e. The first-order valence-electron chi connectivity index (χ1n) is 6.98. The van der Waals surface area contributed by atoms with Crippen LogP contribution in [0.1, 0.15) is 25.3 Å². The lowest BCUT2D eigenvalue weighted by Crippen LogP contribution is -2.44. The number of carboxylic acids is 1. The van der Waals surface area contributed by atoms with Crippen LogP contribution in [0.2, 0.25) is 0 Å². The Morgan fingerprint density at radius 2 is 2.00 bits per heavy atom. The van der Waals surface area contributed by atoms with E-state index >= 15 is 0 Å². The first-order chi connectivity index (χ1) is 10.8. The Labute approximate surface area is 129 Å². The van der Waals surface area contributed by atoms with Gasteiger partial charge in [-0.25, -0.2) is 4.79 Å². The molecule has 126 valence electrons. The molecule has 1 saturated carbocycles. The van der Waals surface area contributed by atoms with E-state index in [0.717, 1.165) is 16.8 Å². The number of aromatic amines is 1. The van der Waals surface area contributed by atoms with E-state index in [1.807, 2.05) is 4.98 Å². The topological polar surface area (TPSA) is 162 Å². The van der Waals surface area contributed by atoms with Gasteiger partial charge in [0.05, 0.1) is 30.7 Å². The van der Waals surface area contributed by atoms with Crippen molar-refractivity contribution in [2.45, 2.75) is 43.6 Å². The van der Waals surface area contributed by atoms with Crippen LogP contribution < -0.4 is 16.6 Å². The molecule has 1 fully saturated rings. The number of carboxylic acid groups (broad SMARTS) is 1. The molecule has 1 aliphatic carbocycles. The predicted octanol–water partition coefficient (Wildman–Crippen LogP) is -2.45. The summed E-state index contributed by atoms with van der Waals surface area (Å²) in [4.78, 5) is 46.9. The maximum absolute atomic E-state index is 11.8. The fourth-order valence-electron chi connectivity index (χ4n) is 2.66. The highest BCUT2D eigenvalue weighted by Crippen LogP contribution is 2.30. The number of amides is 1. The van der Waals surface area contributed by atoms with Gasteiger partial charge in [-0.3, -0.25) is 23.9 Å². The van der Waals surface area contributed by atoms with Crippen LogP contribution in [0.15, 0.2) is 21.9 Å². The number of hydrogen-bond donors (Lipinski definition) is 5. The van der Waals surface area contributed by atoms with Crippen LogP contribution in [0.5, 0.6) is 0 Å². The van der Waals surface area contributed by atoms with Gasteiger partial charge < -0.3 is 20.6 Å². The lowest BCUT2D eigenvalue weighted by Gasteiger charge is -2.22. The molecule has 0 bridgehead atoms. The van der Waals surface area contributed by atoms with Crippen molar-refractivity contribution < 1.29 is 24.9 Å². The summed E-state index contributed by atoms with van der Waals surface area (Å²) in [6.45, 7) is 0. The van der Waals surface area contributed by atoms with Crippen LogP contribution >= 0.6 is 0 Å². The number of nitrogens with zero attached hydrogens (tertiary/aromatic N) is 1. The van der Waals surface area contributed by atoms with E-state index in [0.29, 0.717) is 0 Å². The van der Waals surface area contributed by atoms with Crippen molar-refractivity contribution in [3.05, 3.63) is 33.1 Å². The fourth-order valence-corrected chi connectivity index (χ4v) is 2.66. The number of rotatable bonds is 5. The number of aliphatic carboxylic acids is 1. The second-order valence-electron chi connectivity index (χ2n) is 5.37. The Kier molecular flexibility index (Phi) is 4.96. The fraction of sp³-hybridized carbons (Fsp3) is 0.538. The van der Waals surface area contributed by atoms with Crippen molar-refractivity contribution in [2.75, 3.05) is 0 Å². The third-order valence-corrected chi connectivity index (χ3v) is 3.74. The molecule has 1 aliphatic rings. The Hall–Kier alpha value is -2.46. The quantitative estimate of drug-likeness (QED) is 0.401. The molecule has 5 N–H and O–H groups in total. The highest BCUT2D eigenvalue weighted by atomic mass is 16.4. The molecule has 0 saturated heterocycles. The summed E-state index contributed by atoms with van der Waals surface area (Å²) >= 11 is 0. The Morgan fingerprint density at radius 1 is 1.30 bits per heavy atom. The Morgan fingerprint density at radius 3 is 2.61 bits per heavy atom. The lowest BCUT2D eigenvalue weighted by molar-refractivity contribution is -0.139. The smallest absolute Gasteiger partial charge is 0.328 e. The summed E-state index contributed by atoms with van der Waals surface area (Å²) in [7, 11) is 0. The second-order valence-corrected chi connectivity index (χ2v) is 5.37. The van der Waals surface area contributed by atoms with Crippen molar-refractivity contribution >= 4 is 11.9 Å². The molecule has 10 heteroatoms. The number of aliphatic hydroxyl groups excluding tert-OH is 2. The van der Waals surface area contributed by atoms with E-state index in [-0.39, 0.29) is 19.3 Å². The van der Waals surface area contributed by atoms with E-state index in [1.165, 1.54) is 0 Å². The van der Waals surface area contributed by atoms with Gasteiger partial charge in [-0.15, -0.1) is 0 Å². The van der Waals surface area contributed by atoms with E-state index in [9.17, 15) is 29.4 Å². The molecule has 1 aromatic rings. The number of nitrogens with one attached hydrogen (secondary N) is 2. The van der Waals surface area contributed by atoms with Gasteiger partial charge in [0.2, 0.25) is 5.91 Å². The minimum atomic E-state index is -1.26. The van der Waals surface area contributed by atoms with Crippen LogP contribution in [-0.2, 0) is 9.59 Å². The average molecular weight is 327 g/mol.